The Labute approximate surface area is 131 Å². The van der Waals surface area contributed by atoms with Gasteiger partial charge in [-0.2, -0.15) is 0 Å². The van der Waals surface area contributed by atoms with E-state index in [4.69, 9.17) is 4.74 Å². The number of likely N-dealkylation sites (N-methyl/N-ethyl adjacent to an activating group) is 1. The standard InChI is InChI=1S/C16H24N2O4/c1-7-17(12(5)19)9-13(20)14-10(3)15(16(21)22-6)18(8-2)11(14)4/h7-9H2,1-6H3. The number of carbonyl (C=O) groups is 3. The van der Waals surface area contributed by atoms with Crippen molar-refractivity contribution in [2.45, 2.75) is 41.2 Å². The fourth-order valence-corrected chi connectivity index (χ4v) is 2.76. The van der Waals surface area contributed by atoms with E-state index in [1.807, 2.05) is 13.8 Å². The summed E-state index contributed by atoms with van der Waals surface area (Å²) in [7, 11) is 1.32. The summed E-state index contributed by atoms with van der Waals surface area (Å²) in [5.74, 6) is -0.765. The second-order valence-electron chi connectivity index (χ2n) is 5.13. The van der Waals surface area contributed by atoms with Crippen LogP contribution in [0.4, 0.5) is 0 Å². The zero-order valence-electron chi connectivity index (χ0n) is 14.1. The third kappa shape index (κ3) is 3.21. The van der Waals surface area contributed by atoms with E-state index in [1.165, 1.54) is 18.9 Å². The number of methoxy groups -OCH3 is 1. The second kappa shape index (κ2) is 7.24. The fourth-order valence-electron chi connectivity index (χ4n) is 2.76. The summed E-state index contributed by atoms with van der Waals surface area (Å²) in [5.41, 5.74) is 2.24. The molecule has 0 unspecified atom stereocenters. The highest BCUT2D eigenvalue weighted by Crippen LogP contribution is 2.24. The van der Waals surface area contributed by atoms with E-state index >= 15 is 0 Å². The molecule has 6 nitrogen and oxygen atoms in total. The summed E-state index contributed by atoms with van der Waals surface area (Å²) in [4.78, 5) is 37.5. The lowest BCUT2D eigenvalue weighted by Crippen LogP contribution is -2.34. The predicted octanol–water partition coefficient (Wildman–Crippen LogP) is 1.96. The van der Waals surface area contributed by atoms with E-state index in [9.17, 15) is 14.4 Å². The molecule has 0 aliphatic carbocycles. The first-order valence-electron chi connectivity index (χ1n) is 7.36. The summed E-state index contributed by atoms with van der Waals surface area (Å²) < 4.78 is 6.59. The van der Waals surface area contributed by atoms with Gasteiger partial charge in [0.25, 0.3) is 0 Å². The van der Waals surface area contributed by atoms with Gasteiger partial charge in [-0.05, 0) is 33.3 Å². The monoisotopic (exact) mass is 308 g/mol. The lowest BCUT2D eigenvalue weighted by atomic mass is 10.1. The number of carbonyl (C=O) groups excluding carboxylic acids is 3. The molecule has 1 heterocycles. The molecule has 0 fully saturated rings. The van der Waals surface area contributed by atoms with Crippen LogP contribution in [0.3, 0.4) is 0 Å². The van der Waals surface area contributed by atoms with Crippen LogP contribution in [0.5, 0.6) is 0 Å². The molecule has 1 aromatic heterocycles. The molecule has 0 atom stereocenters. The second-order valence-corrected chi connectivity index (χ2v) is 5.13. The molecule has 0 saturated carbocycles. The first kappa shape index (κ1) is 17.9. The van der Waals surface area contributed by atoms with Gasteiger partial charge in [-0.25, -0.2) is 4.79 Å². The average Bonchev–Trinajstić information content (AvgIpc) is 2.73. The number of rotatable bonds is 6. The van der Waals surface area contributed by atoms with Crippen LogP contribution in [0.25, 0.3) is 0 Å². The van der Waals surface area contributed by atoms with Crippen LogP contribution in [0.1, 0.15) is 52.9 Å². The molecule has 1 amide bonds. The van der Waals surface area contributed by atoms with Crippen LogP contribution in [-0.2, 0) is 16.1 Å². The average molecular weight is 308 g/mol. The zero-order chi connectivity index (χ0) is 17.0. The first-order valence-corrected chi connectivity index (χ1v) is 7.36. The molecule has 0 aliphatic heterocycles. The molecule has 0 spiro atoms. The Morgan fingerprint density at radius 3 is 2.18 bits per heavy atom. The van der Waals surface area contributed by atoms with Gasteiger partial charge in [0, 0.05) is 31.3 Å². The highest BCUT2D eigenvalue weighted by molar-refractivity contribution is 6.04. The molecule has 6 heteroatoms. The fraction of sp³-hybridized carbons (Fsp3) is 0.562. The quantitative estimate of drug-likeness (QED) is 0.595. The van der Waals surface area contributed by atoms with Crippen molar-refractivity contribution in [3.05, 3.63) is 22.5 Å². The summed E-state index contributed by atoms with van der Waals surface area (Å²) in [5, 5.41) is 0. The lowest BCUT2D eigenvalue weighted by molar-refractivity contribution is -0.128. The van der Waals surface area contributed by atoms with Gasteiger partial charge in [0.15, 0.2) is 5.78 Å². The molecule has 1 rings (SSSR count). The van der Waals surface area contributed by atoms with Gasteiger partial charge >= 0.3 is 5.97 Å². The minimum Gasteiger partial charge on any atom is -0.464 e. The number of Topliss-reactive ketones (excluding diaryl/α,β-unsaturated/α-hetero) is 1. The number of ketones is 1. The van der Waals surface area contributed by atoms with Crippen molar-refractivity contribution >= 4 is 17.7 Å². The lowest BCUT2D eigenvalue weighted by Gasteiger charge is -2.18. The molecular weight excluding hydrogens is 284 g/mol. The normalized spacial score (nSPS) is 10.5. The largest absolute Gasteiger partial charge is 0.464 e. The van der Waals surface area contributed by atoms with E-state index in [-0.39, 0.29) is 18.2 Å². The Hall–Kier alpha value is -2.11. The SMILES string of the molecule is CCN(CC(=O)c1c(C)c(C(=O)OC)n(CC)c1C)C(C)=O. The van der Waals surface area contributed by atoms with Crippen molar-refractivity contribution in [3.63, 3.8) is 0 Å². The predicted molar refractivity (Wildman–Crippen MR) is 83.2 cm³/mol. The number of esters is 1. The molecule has 0 N–H and O–H groups in total. The topological polar surface area (TPSA) is 68.6 Å². The van der Waals surface area contributed by atoms with E-state index in [0.29, 0.717) is 29.9 Å². The third-order valence-electron chi connectivity index (χ3n) is 3.90. The highest BCUT2D eigenvalue weighted by Gasteiger charge is 2.27. The summed E-state index contributed by atoms with van der Waals surface area (Å²) in [6.45, 7) is 9.76. The van der Waals surface area contributed by atoms with Gasteiger partial charge < -0.3 is 14.2 Å². The summed E-state index contributed by atoms with van der Waals surface area (Å²) >= 11 is 0. The number of hydrogen-bond acceptors (Lipinski definition) is 4. The smallest absolute Gasteiger partial charge is 0.354 e. The molecule has 0 aromatic carbocycles. The maximum absolute atomic E-state index is 12.6. The third-order valence-corrected chi connectivity index (χ3v) is 3.90. The van der Waals surface area contributed by atoms with Crippen molar-refractivity contribution in [1.82, 2.24) is 9.47 Å². The minimum absolute atomic E-state index is 0.0157. The molecule has 0 radical (unpaired) electrons. The molecular formula is C16H24N2O4. The number of nitrogens with zero attached hydrogens (tertiary/aromatic N) is 2. The van der Waals surface area contributed by atoms with E-state index in [2.05, 4.69) is 0 Å². The van der Waals surface area contributed by atoms with E-state index in [0.717, 1.165) is 5.69 Å². The van der Waals surface area contributed by atoms with Crippen LogP contribution in [0.2, 0.25) is 0 Å². The molecule has 1 aromatic rings. The highest BCUT2D eigenvalue weighted by atomic mass is 16.5. The number of hydrogen-bond donors (Lipinski definition) is 0. The van der Waals surface area contributed by atoms with Crippen LogP contribution >= 0.6 is 0 Å². The van der Waals surface area contributed by atoms with Crippen molar-refractivity contribution in [2.24, 2.45) is 0 Å². The Morgan fingerprint density at radius 1 is 1.18 bits per heavy atom. The number of aromatic nitrogens is 1. The van der Waals surface area contributed by atoms with Gasteiger partial charge in [-0.1, -0.05) is 0 Å². The summed E-state index contributed by atoms with van der Waals surface area (Å²) in [6, 6.07) is 0. The Morgan fingerprint density at radius 2 is 1.77 bits per heavy atom. The maximum Gasteiger partial charge on any atom is 0.354 e. The number of ether oxygens (including phenoxy) is 1. The maximum atomic E-state index is 12.6. The van der Waals surface area contributed by atoms with Gasteiger partial charge in [0.1, 0.15) is 5.69 Å². The van der Waals surface area contributed by atoms with Gasteiger partial charge in [-0.3, -0.25) is 9.59 Å². The minimum atomic E-state index is -0.458. The van der Waals surface area contributed by atoms with Crippen molar-refractivity contribution < 1.29 is 19.1 Å². The van der Waals surface area contributed by atoms with Crippen LogP contribution in [0.15, 0.2) is 0 Å². The van der Waals surface area contributed by atoms with Crippen molar-refractivity contribution in [3.8, 4) is 0 Å². The molecule has 0 bridgehead atoms. The van der Waals surface area contributed by atoms with Crippen LogP contribution < -0.4 is 0 Å². The molecule has 122 valence electrons. The van der Waals surface area contributed by atoms with Gasteiger partial charge in [0.2, 0.25) is 5.91 Å². The Balaban J connectivity index is 3.31. The first-order chi connectivity index (χ1) is 10.3. The van der Waals surface area contributed by atoms with Crippen molar-refractivity contribution in [2.75, 3.05) is 20.2 Å². The van der Waals surface area contributed by atoms with E-state index < -0.39 is 5.97 Å². The van der Waals surface area contributed by atoms with Crippen LogP contribution in [0, 0.1) is 13.8 Å². The number of amides is 1. The Bertz CT molecular complexity index is 602. The Kier molecular flexibility index (Phi) is 5.91. The molecule has 22 heavy (non-hydrogen) atoms. The molecule has 0 aliphatic rings. The summed E-state index contributed by atoms with van der Waals surface area (Å²) in [6.07, 6.45) is 0. The zero-order valence-corrected chi connectivity index (χ0v) is 14.1. The molecule has 0 saturated heterocycles. The van der Waals surface area contributed by atoms with Crippen LogP contribution in [-0.4, -0.2) is 47.3 Å². The van der Waals surface area contributed by atoms with Gasteiger partial charge in [0.05, 0.1) is 13.7 Å². The van der Waals surface area contributed by atoms with Crippen molar-refractivity contribution in [1.29, 1.82) is 0 Å². The van der Waals surface area contributed by atoms with Gasteiger partial charge in [-0.15, -0.1) is 0 Å². The van der Waals surface area contributed by atoms with E-state index in [1.54, 1.807) is 18.4 Å².